The highest BCUT2D eigenvalue weighted by Crippen LogP contribution is 2.18. The highest BCUT2D eigenvalue weighted by Gasteiger charge is 2.15. The number of hydrogen-bond acceptors (Lipinski definition) is 1. The molecule has 98 valence electrons. The lowest BCUT2D eigenvalue weighted by Gasteiger charge is -2.15. The molecule has 1 saturated carbocycles. The van der Waals surface area contributed by atoms with Crippen molar-refractivity contribution < 1.29 is 4.39 Å². The first-order chi connectivity index (χ1) is 8.65. The zero-order valence-corrected chi connectivity index (χ0v) is 11.6. The molecule has 0 atom stereocenters. The van der Waals surface area contributed by atoms with Gasteiger partial charge in [-0.3, -0.25) is 0 Å². The van der Waals surface area contributed by atoms with Gasteiger partial charge in [0.25, 0.3) is 0 Å². The van der Waals surface area contributed by atoms with Gasteiger partial charge in [0.2, 0.25) is 0 Å². The third-order valence-corrected chi connectivity index (χ3v) is 3.68. The van der Waals surface area contributed by atoms with Crippen molar-refractivity contribution in [2.45, 2.75) is 38.3 Å². The van der Waals surface area contributed by atoms with E-state index in [1.165, 1.54) is 31.7 Å². The quantitative estimate of drug-likeness (QED) is 0.833. The summed E-state index contributed by atoms with van der Waals surface area (Å²) < 4.78 is 13.0. The van der Waals surface area contributed by atoms with Crippen LogP contribution in [0.2, 0.25) is 5.02 Å². The zero-order chi connectivity index (χ0) is 13.0. The van der Waals surface area contributed by atoms with Gasteiger partial charge in [0, 0.05) is 12.6 Å². The molecule has 0 aliphatic heterocycles. The fraction of sp³-hybridized carbons (Fsp3) is 0.462. The summed E-state index contributed by atoms with van der Waals surface area (Å²) >= 11 is 10.9. The summed E-state index contributed by atoms with van der Waals surface area (Å²) in [5.41, 5.74) is 0.914. The predicted octanol–water partition coefficient (Wildman–Crippen LogP) is 3.39. The third-order valence-electron chi connectivity index (χ3n) is 3.13. The summed E-state index contributed by atoms with van der Waals surface area (Å²) in [6.45, 7) is 0.554. The van der Waals surface area contributed by atoms with E-state index in [9.17, 15) is 4.39 Å². The maximum absolute atomic E-state index is 13.0. The Balaban J connectivity index is 1.79. The number of hydrogen-bond donors (Lipinski definition) is 2. The summed E-state index contributed by atoms with van der Waals surface area (Å²) in [6, 6.07) is 5.18. The molecule has 5 heteroatoms. The molecule has 2 rings (SSSR count). The van der Waals surface area contributed by atoms with Crippen LogP contribution in [0.5, 0.6) is 0 Å². The van der Waals surface area contributed by atoms with Crippen molar-refractivity contribution in [2.75, 3.05) is 0 Å². The molecule has 0 radical (unpaired) electrons. The molecule has 1 aromatic rings. The molecule has 0 spiro atoms. The number of benzene rings is 1. The summed E-state index contributed by atoms with van der Waals surface area (Å²) in [6.07, 6.45) is 4.91. The van der Waals surface area contributed by atoms with E-state index >= 15 is 0 Å². The van der Waals surface area contributed by atoms with Gasteiger partial charge in [0.1, 0.15) is 5.82 Å². The van der Waals surface area contributed by atoms with Crippen molar-refractivity contribution in [3.8, 4) is 0 Å². The Bertz CT molecular complexity index is 433. The normalized spacial score (nSPS) is 15.7. The third kappa shape index (κ3) is 3.82. The molecule has 1 aliphatic rings. The molecule has 2 N–H and O–H groups in total. The Morgan fingerprint density at radius 2 is 2.11 bits per heavy atom. The fourth-order valence-electron chi connectivity index (χ4n) is 2.14. The molecule has 2 nitrogen and oxygen atoms in total. The van der Waals surface area contributed by atoms with Crippen LogP contribution in [0.15, 0.2) is 18.2 Å². The minimum atomic E-state index is -0.396. The van der Waals surface area contributed by atoms with E-state index in [-0.39, 0.29) is 5.02 Å². The highest BCUT2D eigenvalue weighted by atomic mass is 35.5. The molecule has 1 aromatic carbocycles. The summed E-state index contributed by atoms with van der Waals surface area (Å²) in [7, 11) is 0. The van der Waals surface area contributed by atoms with Crippen molar-refractivity contribution in [3.05, 3.63) is 34.6 Å². The summed E-state index contributed by atoms with van der Waals surface area (Å²) in [4.78, 5) is 0. The van der Waals surface area contributed by atoms with Crippen LogP contribution in [0.3, 0.4) is 0 Å². The first-order valence-electron chi connectivity index (χ1n) is 6.13. The molecule has 1 fully saturated rings. The van der Waals surface area contributed by atoms with Gasteiger partial charge in [0.05, 0.1) is 5.02 Å². The number of rotatable bonds is 3. The first-order valence-corrected chi connectivity index (χ1v) is 6.92. The Kier molecular flexibility index (Phi) is 4.78. The van der Waals surface area contributed by atoms with Gasteiger partial charge in [-0.15, -0.1) is 0 Å². The zero-order valence-electron chi connectivity index (χ0n) is 10.0. The van der Waals surface area contributed by atoms with E-state index in [2.05, 4.69) is 10.6 Å². The molecule has 0 saturated heterocycles. The second-order valence-corrected chi connectivity index (χ2v) is 5.37. The minimum Gasteiger partial charge on any atom is -0.360 e. The average molecular weight is 287 g/mol. The van der Waals surface area contributed by atoms with E-state index in [0.717, 1.165) is 5.56 Å². The topological polar surface area (TPSA) is 24.1 Å². The van der Waals surface area contributed by atoms with Crippen LogP contribution in [0.4, 0.5) is 4.39 Å². The van der Waals surface area contributed by atoms with Gasteiger partial charge in [-0.25, -0.2) is 4.39 Å². The van der Waals surface area contributed by atoms with Crippen LogP contribution in [0.1, 0.15) is 31.2 Å². The lowest BCUT2D eigenvalue weighted by Crippen LogP contribution is -2.40. The van der Waals surface area contributed by atoms with Gasteiger partial charge in [0.15, 0.2) is 5.11 Å². The van der Waals surface area contributed by atoms with Crippen LogP contribution >= 0.6 is 23.8 Å². The number of thiocarbonyl (C=S) groups is 1. The van der Waals surface area contributed by atoms with E-state index in [1.54, 1.807) is 12.1 Å². The molecule has 0 unspecified atom stereocenters. The predicted molar refractivity (Wildman–Crippen MR) is 76.2 cm³/mol. The van der Waals surface area contributed by atoms with Crippen molar-refractivity contribution in [1.82, 2.24) is 10.6 Å². The second-order valence-electron chi connectivity index (χ2n) is 4.56. The lowest BCUT2D eigenvalue weighted by atomic mass is 10.2. The van der Waals surface area contributed by atoms with Crippen LogP contribution < -0.4 is 10.6 Å². The van der Waals surface area contributed by atoms with Crippen molar-refractivity contribution in [1.29, 1.82) is 0 Å². The number of nitrogens with one attached hydrogen (secondary N) is 2. The SMILES string of the molecule is Fc1ccc(CNC(=S)NC2CCCC2)cc1Cl. The monoisotopic (exact) mass is 286 g/mol. The second kappa shape index (κ2) is 6.34. The Labute approximate surface area is 117 Å². The lowest BCUT2D eigenvalue weighted by molar-refractivity contribution is 0.620. The van der Waals surface area contributed by atoms with Crippen LogP contribution in [0.25, 0.3) is 0 Å². The minimum absolute atomic E-state index is 0.143. The molecule has 1 aliphatic carbocycles. The van der Waals surface area contributed by atoms with Crippen LogP contribution in [-0.2, 0) is 6.54 Å². The van der Waals surface area contributed by atoms with Crippen molar-refractivity contribution in [3.63, 3.8) is 0 Å². The fourth-order valence-corrected chi connectivity index (χ4v) is 2.58. The largest absolute Gasteiger partial charge is 0.360 e. The van der Waals surface area contributed by atoms with Crippen molar-refractivity contribution >= 4 is 28.9 Å². The van der Waals surface area contributed by atoms with Crippen LogP contribution in [0, 0.1) is 5.82 Å². The first kappa shape index (κ1) is 13.6. The van der Waals surface area contributed by atoms with E-state index in [0.29, 0.717) is 17.7 Å². The molecular weight excluding hydrogens is 271 g/mol. The summed E-state index contributed by atoms with van der Waals surface area (Å²) in [5.74, 6) is -0.396. The maximum Gasteiger partial charge on any atom is 0.166 e. The van der Waals surface area contributed by atoms with Crippen molar-refractivity contribution in [2.24, 2.45) is 0 Å². The summed E-state index contributed by atoms with van der Waals surface area (Å²) in [5, 5.41) is 7.20. The molecule has 18 heavy (non-hydrogen) atoms. The molecule has 0 amide bonds. The Hall–Kier alpha value is -0.870. The van der Waals surface area contributed by atoms with Gasteiger partial charge in [-0.2, -0.15) is 0 Å². The van der Waals surface area contributed by atoms with E-state index in [1.807, 2.05) is 0 Å². The van der Waals surface area contributed by atoms with Crippen LogP contribution in [-0.4, -0.2) is 11.2 Å². The molecule has 0 heterocycles. The maximum atomic E-state index is 13.0. The highest BCUT2D eigenvalue weighted by molar-refractivity contribution is 7.80. The molecule has 0 aromatic heterocycles. The van der Waals surface area contributed by atoms with E-state index in [4.69, 9.17) is 23.8 Å². The van der Waals surface area contributed by atoms with Gasteiger partial charge >= 0.3 is 0 Å². The smallest absolute Gasteiger partial charge is 0.166 e. The van der Waals surface area contributed by atoms with E-state index < -0.39 is 5.82 Å². The van der Waals surface area contributed by atoms with Gasteiger partial charge < -0.3 is 10.6 Å². The Morgan fingerprint density at radius 1 is 1.39 bits per heavy atom. The number of halogens is 2. The molecular formula is C13H16ClFN2S. The van der Waals surface area contributed by atoms with Gasteiger partial charge in [-0.1, -0.05) is 30.5 Å². The Morgan fingerprint density at radius 3 is 2.78 bits per heavy atom. The standard InChI is InChI=1S/C13H16ClFN2S/c14-11-7-9(5-6-12(11)15)8-16-13(18)17-10-3-1-2-4-10/h5-7,10H,1-4,8H2,(H2,16,17,18). The van der Waals surface area contributed by atoms with Gasteiger partial charge in [-0.05, 0) is 42.8 Å². The molecule has 0 bridgehead atoms. The average Bonchev–Trinajstić information content (AvgIpc) is 2.83.